The molecule has 2 aliphatic rings. The average molecular weight is 276 g/mol. The van der Waals surface area contributed by atoms with Crippen LogP contribution in [0.1, 0.15) is 42.6 Å². The van der Waals surface area contributed by atoms with Crippen LogP contribution in [0, 0.1) is 11.7 Å². The van der Waals surface area contributed by atoms with Gasteiger partial charge in [0, 0.05) is 24.9 Å². The molecule has 106 valence electrons. The number of rotatable bonds is 2. The van der Waals surface area contributed by atoms with E-state index in [-0.39, 0.29) is 29.3 Å². The lowest BCUT2D eigenvalue weighted by molar-refractivity contribution is -0.121. The van der Waals surface area contributed by atoms with E-state index in [9.17, 15) is 14.0 Å². The predicted molar refractivity (Wildman–Crippen MR) is 70.6 cm³/mol. The number of amides is 1. The van der Waals surface area contributed by atoms with E-state index >= 15 is 0 Å². The SMILES string of the molecule is O=C1CCCC1C1CCCN1C(=O)c1ccc(F)cn1. The zero-order valence-electron chi connectivity index (χ0n) is 11.2. The van der Waals surface area contributed by atoms with E-state index in [1.54, 1.807) is 4.90 Å². The third-order valence-electron chi connectivity index (χ3n) is 4.32. The van der Waals surface area contributed by atoms with Crippen molar-refractivity contribution in [2.24, 2.45) is 5.92 Å². The summed E-state index contributed by atoms with van der Waals surface area (Å²) >= 11 is 0. The van der Waals surface area contributed by atoms with Crippen LogP contribution in [-0.4, -0.2) is 34.2 Å². The molecule has 5 heteroatoms. The van der Waals surface area contributed by atoms with E-state index in [1.165, 1.54) is 12.1 Å². The predicted octanol–water partition coefficient (Wildman–Crippen LogP) is 2.19. The minimum Gasteiger partial charge on any atom is -0.334 e. The molecule has 20 heavy (non-hydrogen) atoms. The number of likely N-dealkylation sites (tertiary alicyclic amines) is 1. The highest BCUT2D eigenvalue weighted by Gasteiger charge is 2.40. The van der Waals surface area contributed by atoms with Crippen molar-refractivity contribution in [1.82, 2.24) is 9.88 Å². The number of carbonyl (C=O) groups excluding carboxylic acids is 2. The van der Waals surface area contributed by atoms with Gasteiger partial charge in [-0.2, -0.15) is 0 Å². The number of halogens is 1. The molecule has 0 N–H and O–H groups in total. The summed E-state index contributed by atoms with van der Waals surface area (Å²) in [6, 6.07) is 2.65. The lowest BCUT2D eigenvalue weighted by Crippen LogP contribution is -2.41. The fourth-order valence-corrected chi connectivity index (χ4v) is 3.36. The van der Waals surface area contributed by atoms with Crippen molar-refractivity contribution in [2.45, 2.75) is 38.1 Å². The molecule has 2 unspecified atom stereocenters. The molecule has 2 atom stereocenters. The Kier molecular flexibility index (Phi) is 3.51. The van der Waals surface area contributed by atoms with Crippen molar-refractivity contribution in [3.8, 4) is 0 Å². The summed E-state index contributed by atoms with van der Waals surface area (Å²) in [5, 5.41) is 0. The van der Waals surface area contributed by atoms with E-state index in [2.05, 4.69) is 4.98 Å². The van der Waals surface area contributed by atoms with E-state index in [0.29, 0.717) is 13.0 Å². The fraction of sp³-hybridized carbons (Fsp3) is 0.533. The first kappa shape index (κ1) is 13.2. The number of aromatic nitrogens is 1. The highest BCUT2D eigenvalue weighted by atomic mass is 19.1. The quantitative estimate of drug-likeness (QED) is 0.832. The third kappa shape index (κ3) is 2.32. The van der Waals surface area contributed by atoms with Gasteiger partial charge in [-0.1, -0.05) is 0 Å². The molecule has 1 amide bonds. The molecule has 4 nitrogen and oxygen atoms in total. The molecule has 2 heterocycles. The molecule has 1 aromatic heterocycles. The fourth-order valence-electron chi connectivity index (χ4n) is 3.36. The summed E-state index contributed by atoms with van der Waals surface area (Å²) < 4.78 is 12.9. The van der Waals surface area contributed by atoms with Gasteiger partial charge in [-0.05, 0) is 37.8 Å². The van der Waals surface area contributed by atoms with Crippen LogP contribution in [0.15, 0.2) is 18.3 Å². The number of ketones is 1. The maximum absolute atomic E-state index is 12.9. The highest BCUT2D eigenvalue weighted by Crippen LogP contribution is 2.33. The molecule has 1 aromatic rings. The molecule has 2 fully saturated rings. The lowest BCUT2D eigenvalue weighted by Gasteiger charge is -2.28. The Balaban J connectivity index is 1.79. The van der Waals surface area contributed by atoms with Crippen LogP contribution in [-0.2, 0) is 4.79 Å². The normalized spacial score (nSPS) is 26.2. The van der Waals surface area contributed by atoms with Crippen molar-refractivity contribution >= 4 is 11.7 Å². The molecule has 1 saturated carbocycles. The van der Waals surface area contributed by atoms with Crippen molar-refractivity contribution in [3.63, 3.8) is 0 Å². The first-order valence-electron chi connectivity index (χ1n) is 7.12. The largest absolute Gasteiger partial charge is 0.334 e. The highest BCUT2D eigenvalue weighted by molar-refractivity contribution is 5.93. The van der Waals surface area contributed by atoms with E-state index in [0.717, 1.165) is 31.9 Å². The number of pyridine rings is 1. The van der Waals surface area contributed by atoms with Crippen LogP contribution in [0.4, 0.5) is 4.39 Å². The number of nitrogens with zero attached hydrogens (tertiary/aromatic N) is 2. The van der Waals surface area contributed by atoms with E-state index < -0.39 is 5.82 Å². The van der Waals surface area contributed by atoms with Crippen LogP contribution >= 0.6 is 0 Å². The second-order valence-corrected chi connectivity index (χ2v) is 5.53. The number of hydrogen-bond acceptors (Lipinski definition) is 3. The van der Waals surface area contributed by atoms with Crippen LogP contribution in [0.2, 0.25) is 0 Å². The molecule has 0 aromatic carbocycles. The Bertz CT molecular complexity index is 529. The summed E-state index contributed by atoms with van der Waals surface area (Å²) in [5.74, 6) is -0.374. The second kappa shape index (κ2) is 5.31. The van der Waals surface area contributed by atoms with Gasteiger partial charge in [0.05, 0.1) is 6.20 Å². The Morgan fingerprint density at radius 2 is 2.15 bits per heavy atom. The molecular formula is C15H17FN2O2. The monoisotopic (exact) mass is 276 g/mol. The van der Waals surface area contributed by atoms with Crippen LogP contribution < -0.4 is 0 Å². The van der Waals surface area contributed by atoms with Gasteiger partial charge in [-0.15, -0.1) is 0 Å². The molecular weight excluding hydrogens is 259 g/mol. The molecule has 1 aliphatic carbocycles. The van der Waals surface area contributed by atoms with Gasteiger partial charge in [-0.3, -0.25) is 9.59 Å². The van der Waals surface area contributed by atoms with Crippen molar-refractivity contribution in [3.05, 3.63) is 29.8 Å². The molecule has 3 rings (SSSR count). The summed E-state index contributed by atoms with van der Waals surface area (Å²) in [5.41, 5.74) is 0.253. The lowest BCUT2D eigenvalue weighted by atomic mass is 9.95. The van der Waals surface area contributed by atoms with Crippen molar-refractivity contribution in [2.75, 3.05) is 6.54 Å². The maximum atomic E-state index is 12.9. The number of hydrogen-bond donors (Lipinski definition) is 0. The number of Topliss-reactive ketones (excluding diaryl/α,β-unsaturated/α-hetero) is 1. The Hall–Kier alpha value is -1.78. The van der Waals surface area contributed by atoms with Gasteiger partial charge in [0.1, 0.15) is 17.3 Å². The van der Waals surface area contributed by atoms with Gasteiger partial charge >= 0.3 is 0 Å². The van der Waals surface area contributed by atoms with Gasteiger partial charge in [0.15, 0.2) is 0 Å². The second-order valence-electron chi connectivity index (χ2n) is 5.53. The number of carbonyl (C=O) groups is 2. The molecule has 0 spiro atoms. The summed E-state index contributed by atoms with van der Waals surface area (Å²) in [4.78, 5) is 30.0. The first-order chi connectivity index (χ1) is 9.66. The van der Waals surface area contributed by atoms with Crippen LogP contribution in [0.25, 0.3) is 0 Å². The molecule has 0 bridgehead atoms. The van der Waals surface area contributed by atoms with E-state index in [1.807, 2.05) is 0 Å². The Morgan fingerprint density at radius 1 is 1.30 bits per heavy atom. The molecule has 1 saturated heterocycles. The Morgan fingerprint density at radius 3 is 2.80 bits per heavy atom. The van der Waals surface area contributed by atoms with E-state index in [4.69, 9.17) is 0 Å². The maximum Gasteiger partial charge on any atom is 0.272 e. The minimum absolute atomic E-state index is 0.00403. The van der Waals surface area contributed by atoms with Crippen molar-refractivity contribution in [1.29, 1.82) is 0 Å². The molecule has 1 aliphatic heterocycles. The van der Waals surface area contributed by atoms with Gasteiger partial charge in [0.25, 0.3) is 5.91 Å². The Labute approximate surface area is 117 Å². The standard InChI is InChI=1S/C15H17FN2O2/c16-10-6-7-12(17-9-10)15(20)18-8-2-4-13(18)11-3-1-5-14(11)19/h6-7,9,11,13H,1-5,8H2. The van der Waals surface area contributed by atoms with Crippen molar-refractivity contribution < 1.29 is 14.0 Å². The summed E-state index contributed by atoms with van der Waals surface area (Å²) in [6.07, 6.45) is 5.29. The van der Waals surface area contributed by atoms with Crippen LogP contribution in [0.3, 0.4) is 0 Å². The zero-order valence-corrected chi connectivity index (χ0v) is 11.2. The van der Waals surface area contributed by atoms with Gasteiger partial charge < -0.3 is 4.90 Å². The summed E-state index contributed by atoms with van der Waals surface area (Å²) in [6.45, 7) is 0.659. The smallest absolute Gasteiger partial charge is 0.272 e. The molecule has 0 radical (unpaired) electrons. The topological polar surface area (TPSA) is 50.3 Å². The summed E-state index contributed by atoms with van der Waals surface area (Å²) in [7, 11) is 0. The van der Waals surface area contributed by atoms with Crippen LogP contribution in [0.5, 0.6) is 0 Å². The average Bonchev–Trinajstić information content (AvgIpc) is 3.07. The minimum atomic E-state index is -0.453. The van der Waals surface area contributed by atoms with Gasteiger partial charge in [0.2, 0.25) is 0 Å². The first-order valence-corrected chi connectivity index (χ1v) is 7.12. The van der Waals surface area contributed by atoms with Gasteiger partial charge in [-0.25, -0.2) is 9.37 Å². The third-order valence-corrected chi connectivity index (χ3v) is 4.32. The zero-order chi connectivity index (χ0) is 14.1.